The van der Waals surface area contributed by atoms with E-state index in [1.165, 1.54) is 0 Å². The van der Waals surface area contributed by atoms with Gasteiger partial charge in [0.2, 0.25) is 0 Å². The second-order valence-corrected chi connectivity index (χ2v) is 4.17. The number of amides is 1. The first-order chi connectivity index (χ1) is 9.11. The van der Waals surface area contributed by atoms with Crippen LogP contribution in [0.5, 0.6) is 5.75 Å². The number of carbonyl (C=O) groups excluding carboxylic acids is 2. The van der Waals surface area contributed by atoms with Crippen molar-refractivity contribution in [2.45, 2.75) is 6.92 Å². The van der Waals surface area contributed by atoms with E-state index in [0.717, 1.165) is 0 Å². The highest BCUT2D eigenvalue weighted by atomic mass is 16.3. The predicted molar refractivity (Wildman–Crippen MR) is 72.6 cm³/mol. The van der Waals surface area contributed by atoms with E-state index in [9.17, 15) is 14.7 Å². The van der Waals surface area contributed by atoms with Crippen LogP contribution in [0.4, 0.5) is 5.69 Å². The van der Waals surface area contributed by atoms with Gasteiger partial charge in [-0.15, -0.1) is 0 Å². The molecule has 0 aliphatic carbocycles. The molecule has 0 bridgehead atoms. The maximum absolute atomic E-state index is 12.0. The molecule has 1 amide bonds. The molecule has 4 heteroatoms. The number of benzene rings is 2. The van der Waals surface area contributed by atoms with Crippen LogP contribution in [0.3, 0.4) is 0 Å². The Bertz CT molecular complexity index is 635. The van der Waals surface area contributed by atoms with Crippen LogP contribution >= 0.6 is 0 Å². The summed E-state index contributed by atoms with van der Waals surface area (Å²) >= 11 is 0. The highest BCUT2D eigenvalue weighted by Crippen LogP contribution is 2.22. The number of aldehydes is 1. The number of carbonyl (C=O) groups is 2. The molecule has 0 unspecified atom stereocenters. The average Bonchev–Trinajstić information content (AvgIpc) is 2.42. The molecule has 0 heterocycles. The van der Waals surface area contributed by atoms with Gasteiger partial charge in [0.05, 0.1) is 5.56 Å². The summed E-state index contributed by atoms with van der Waals surface area (Å²) in [6.45, 7) is 1.72. The van der Waals surface area contributed by atoms with Gasteiger partial charge < -0.3 is 10.4 Å². The molecule has 2 rings (SSSR count). The topological polar surface area (TPSA) is 66.4 Å². The summed E-state index contributed by atoms with van der Waals surface area (Å²) in [5.74, 6) is -0.448. The van der Waals surface area contributed by atoms with Gasteiger partial charge in [-0.25, -0.2) is 0 Å². The van der Waals surface area contributed by atoms with Crippen LogP contribution in [0.25, 0.3) is 0 Å². The van der Waals surface area contributed by atoms with Gasteiger partial charge in [0.1, 0.15) is 12.0 Å². The van der Waals surface area contributed by atoms with Crippen molar-refractivity contribution in [3.05, 3.63) is 59.2 Å². The molecule has 0 saturated heterocycles. The fourth-order valence-corrected chi connectivity index (χ4v) is 1.73. The molecular formula is C15H13NO3. The third kappa shape index (κ3) is 2.80. The summed E-state index contributed by atoms with van der Waals surface area (Å²) < 4.78 is 0. The highest BCUT2D eigenvalue weighted by molar-refractivity contribution is 6.06. The number of anilines is 1. The Balaban J connectivity index is 2.25. The van der Waals surface area contributed by atoms with Gasteiger partial charge >= 0.3 is 0 Å². The van der Waals surface area contributed by atoms with Crippen molar-refractivity contribution >= 4 is 17.9 Å². The average molecular weight is 255 g/mol. The number of para-hydroxylation sites is 1. The summed E-state index contributed by atoms with van der Waals surface area (Å²) in [5, 5.41) is 12.5. The smallest absolute Gasteiger partial charge is 0.259 e. The molecule has 0 fully saturated rings. The van der Waals surface area contributed by atoms with Crippen LogP contribution in [0.15, 0.2) is 42.5 Å². The molecule has 0 aromatic heterocycles. The number of phenolic OH excluding ortho intramolecular Hbond substituents is 1. The lowest BCUT2D eigenvalue weighted by Gasteiger charge is -2.08. The first-order valence-corrected chi connectivity index (χ1v) is 5.77. The van der Waals surface area contributed by atoms with E-state index in [4.69, 9.17) is 0 Å². The Morgan fingerprint density at radius 1 is 1.21 bits per heavy atom. The number of hydrogen-bond acceptors (Lipinski definition) is 3. The molecule has 0 spiro atoms. The Morgan fingerprint density at radius 2 is 1.95 bits per heavy atom. The molecule has 0 aliphatic heterocycles. The van der Waals surface area contributed by atoms with Crippen molar-refractivity contribution in [2.75, 3.05) is 5.32 Å². The van der Waals surface area contributed by atoms with E-state index in [1.807, 2.05) is 0 Å². The number of hydrogen-bond donors (Lipinski definition) is 2. The third-order valence-corrected chi connectivity index (χ3v) is 2.76. The van der Waals surface area contributed by atoms with Crippen LogP contribution in [-0.4, -0.2) is 17.3 Å². The van der Waals surface area contributed by atoms with Crippen molar-refractivity contribution in [1.29, 1.82) is 0 Å². The van der Waals surface area contributed by atoms with E-state index in [2.05, 4.69) is 5.32 Å². The number of aryl methyl sites for hydroxylation is 1. The largest absolute Gasteiger partial charge is 0.507 e. The highest BCUT2D eigenvalue weighted by Gasteiger charge is 2.12. The summed E-state index contributed by atoms with van der Waals surface area (Å²) in [5.41, 5.74) is 1.83. The first kappa shape index (κ1) is 12.8. The number of phenols is 1. The minimum absolute atomic E-state index is 0.0356. The van der Waals surface area contributed by atoms with Crippen LogP contribution in [-0.2, 0) is 0 Å². The summed E-state index contributed by atoms with van der Waals surface area (Å²) in [4.78, 5) is 22.7. The van der Waals surface area contributed by atoms with E-state index in [-0.39, 0.29) is 11.3 Å². The van der Waals surface area contributed by atoms with Crippen molar-refractivity contribution in [3.63, 3.8) is 0 Å². The first-order valence-electron chi connectivity index (χ1n) is 5.77. The van der Waals surface area contributed by atoms with Crippen LogP contribution in [0.1, 0.15) is 26.3 Å². The zero-order valence-electron chi connectivity index (χ0n) is 10.4. The monoisotopic (exact) mass is 255 g/mol. The maximum atomic E-state index is 12.0. The maximum Gasteiger partial charge on any atom is 0.259 e. The molecule has 2 N–H and O–H groups in total. The standard InChI is InChI=1S/C15H13NO3/c1-10-4-2-7-13(14(10)18)15(19)16-12-6-3-5-11(8-12)9-17/h2-9,18H,1H3,(H,16,19). The van der Waals surface area contributed by atoms with Gasteiger partial charge in [-0.3, -0.25) is 9.59 Å². The lowest BCUT2D eigenvalue weighted by Crippen LogP contribution is -2.12. The third-order valence-electron chi connectivity index (χ3n) is 2.76. The number of nitrogens with one attached hydrogen (secondary N) is 1. The second-order valence-electron chi connectivity index (χ2n) is 4.17. The van der Waals surface area contributed by atoms with Gasteiger partial charge in [0.15, 0.2) is 0 Å². The molecule has 0 radical (unpaired) electrons. The fraction of sp³-hybridized carbons (Fsp3) is 0.0667. The van der Waals surface area contributed by atoms with Crippen molar-refractivity contribution < 1.29 is 14.7 Å². The van der Waals surface area contributed by atoms with Crippen LogP contribution in [0, 0.1) is 6.92 Å². The molecule has 0 aliphatic rings. The quantitative estimate of drug-likeness (QED) is 0.829. The van der Waals surface area contributed by atoms with Crippen LogP contribution < -0.4 is 5.32 Å². The zero-order chi connectivity index (χ0) is 13.8. The molecule has 0 saturated carbocycles. The zero-order valence-corrected chi connectivity index (χ0v) is 10.4. The van der Waals surface area contributed by atoms with Crippen molar-refractivity contribution in [3.8, 4) is 5.75 Å². The SMILES string of the molecule is Cc1cccc(C(=O)Nc2cccc(C=O)c2)c1O. The number of aromatic hydroxyl groups is 1. The summed E-state index contributed by atoms with van der Waals surface area (Å²) in [6, 6.07) is 11.5. The van der Waals surface area contributed by atoms with Gasteiger partial charge in [-0.1, -0.05) is 24.3 Å². The normalized spacial score (nSPS) is 9.95. The van der Waals surface area contributed by atoms with E-state index >= 15 is 0 Å². The van der Waals surface area contributed by atoms with Crippen molar-refractivity contribution in [1.82, 2.24) is 0 Å². The predicted octanol–water partition coefficient (Wildman–Crippen LogP) is 2.77. The van der Waals surface area contributed by atoms with Gasteiger partial charge in [-0.2, -0.15) is 0 Å². The van der Waals surface area contributed by atoms with Crippen LogP contribution in [0.2, 0.25) is 0 Å². The Morgan fingerprint density at radius 3 is 2.68 bits per heavy atom. The Kier molecular flexibility index (Phi) is 3.61. The Hall–Kier alpha value is -2.62. The summed E-state index contributed by atoms with van der Waals surface area (Å²) in [6.07, 6.45) is 0.708. The van der Waals surface area contributed by atoms with E-state index < -0.39 is 5.91 Å². The van der Waals surface area contributed by atoms with Gasteiger partial charge in [0.25, 0.3) is 5.91 Å². The lowest BCUT2D eigenvalue weighted by atomic mass is 10.1. The molecular weight excluding hydrogens is 242 g/mol. The number of rotatable bonds is 3. The second kappa shape index (κ2) is 5.35. The Labute approximate surface area is 110 Å². The van der Waals surface area contributed by atoms with E-state index in [0.29, 0.717) is 23.1 Å². The molecule has 4 nitrogen and oxygen atoms in total. The molecule has 0 atom stereocenters. The fourth-order valence-electron chi connectivity index (χ4n) is 1.73. The van der Waals surface area contributed by atoms with Gasteiger partial charge in [-0.05, 0) is 30.7 Å². The van der Waals surface area contributed by atoms with Crippen molar-refractivity contribution in [2.24, 2.45) is 0 Å². The molecule has 2 aromatic carbocycles. The molecule has 2 aromatic rings. The van der Waals surface area contributed by atoms with Gasteiger partial charge in [0, 0.05) is 11.3 Å². The van der Waals surface area contributed by atoms with E-state index in [1.54, 1.807) is 49.4 Å². The minimum Gasteiger partial charge on any atom is -0.507 e. The summed E-state index contributed by atoms with van der Waals surface area (Å²) in [7, 11) is 0. The molecule has 96 valence electrons. The molecule has 19 heavy (non-hydrogen) atoms. The minimum atomic E-state index is -0.413. The lowest BCUT2D eigenvalue weighted by molar-refractivity contribution is 0.102.